The van der Waals surface area contributed by atoms with Crippen LogP contribution in [-0.4, -0.2) is 15.4 Å². The summed E-state index contributed by atoms with van der Waals surface area (Å²) < 4.78 is 15.1. The maximum absolute atomic E-state index is 13.9. The summed E-state index contributed by atoms with van der Waals surface area (Å²) in [5, 5.41) is 13.5. The van der Waals surface area contributed by atoms with Crippen LogP contribution in [0, 0.1) is 22.9 Å². The number of hydrogen-bond acceptors (Lipinski definition) is 4. The number of anilines is 1. The Bertz CT molecular complexity index is 1120. The molecule has 0 unspecified atom stereocenters. The first-order valence-corrected chi connectivity index (χ1v) is 8.36. The Morgan fingerprint density at radius 1 is 1.18 bits per heavy atom. The molecule has 7 nitrogen and oxygen atoms in total. The molecule has 1 heterocycles. The van der Waals surface area contributed by atoms with Crippen molar-refractivity contribution in [2.45, 2.75) is 13.5 Å². The number of halogens is 1. The number of aryl methyl sites for hydroxylation is 1. The molecule has 0 atom stereocenters. The maximum atomic E-state index is 13.9. The molecule has 2 aromatic carbocycles. The standard InChI is InChI=1S/C20H16FN3O4/c1-13-8-9-15(24(27)28)11-18(13)22-19(25)16-6-4-10-23(20(16)26)12-14-5-2-3-7-17(14)21/h2-11H,12H2,1H3,(H,22,25). The molecule has 1 aromatic heterocycles. The highest BCUT2D eigenvalue weighted by molar-refractivity contribution is 6.04. The molecule has 0 spiro atoms. The molecule has 1 N–H and O–H groups in total. The van der Waals surface area contributed by atoms with Crippen molar-refractivity contribution in [3.63, 3.8) is 0 Å². The summed E-state index contributed by atoms with van der Waals surface area (Å²) in [4.78, 5) is 35.6. The van der Waals surface area contributed by atoms with E-state index < -0.39 is 22.2 Å². The summed E-state index contributed by atoms with van der Waals surface area (Å²) in [6.45, 7) is 1.66. The van der Waals surface area contributed by atoms with Crippen LogP contribution >= 0.6 is 0 Å². The molecule has 28 heavy (non-hydrogen) atoms. The fraction of sp³-hybridized carbons (Fsp3) is 0.100. The number of nitrogens with zero attached hydrogens (tertiary/aromatic N) is 2. The molecule has 1 amide bonds. The number of nitro benzene ring substituents is 1. The first kappa shape index (κ1) is 19.0. The van der Waals surface area contributed by atoms with Gasteiger partial charge in [-0.15, -0.1) is 0 Å². The van der Waals surface area contributed by atoms with E-state index in [1.807, 2.05) is 0 Å². The lowest BCUT2D eigenvalue weighted by atomic mass is 10.1. The van der Waals surface area contributed by atoms with Crippen molar-refractivity contribution >= 4 is 17.3 Å². The maximum Gasteiger partial charge on any atom is 0.271 e. The number of rotatable bonds is 5. The summed E-state index contributed by atoms with van der Waals surface area (Å²) in [6, 6.07) is 13.0. The Morgan fingerprint density at radius 3 is 2.64 bits per heavy atom. The van der Waals surface area contributed by atoms with Gasteiger partial charge >= 0.3 is 0 Å². The zero-order chi connectivity index (χ0) is 20.3. The van der Waals surface area contributed by atoms with E-state index in [0.29, 0.717) is 11.1 Å². The van der Waals surface area contributed by atoms with Gasteiger partial charge in [0.25, 0.3) is 17.2 Å². The van der Waals surface area contributed by atoms with Gasteiger partial charge in [0.1, 0.15) is 11.4 Å². The van der Waals surface area contributed by atoms with Crippen LogP contribution in [-0.2, 0) is 6.54 Å². The summed E-state index contributed by atoms with van der Waals surface area (Å²) in [5.74, 6) is -1.15. The van der Waals surface area contributed by atoms with Crippen LogP contribution in [0.2, 0.25) is 0 Å². The number of aromatic nitrogens is 1. The number of carbonyl (C=O) groups is 1. The Hall–Kier alpha value is -3.81. The SMILES string of the molecule is Cc1ccc([N+](=O)[O-])cc1NC(=O)c1cccn(Cc2ccccc2F)c1=O. The first-order chi connectivity index (χ1) is 13.4. The first-order valence-electron chi connectivity index (χ1n) is 8.36. The molecule has 0 saturated carbocycles. The van der Waals surface area contributed by atoms with Crippen LogP contribution in [0.4, 0.5) is 15.8 Å². The van der Waals surface area contributed by atoms with E-state index in [-0.39, 0.29) is 23.5 Å². The van der Waals surface area contributed by atoms with Gasteiger partial charge < -0.3 is 9.88 Å². The second-order valence-electron chi connectivity index (χ2n) is 6.16. The third kappa shape index (κ3) is 3.96. The van der Waals surface area contributed by atoms with Crippen LogP contribution in [0.15, 0.2) is 65.6 Å². The molecule has 3 rings (SSSR count). The van der Waals surface area contributed by atoms with Gasteiger partial charge in [-0.1, -0.05) is 24.3 Å². The van der Waals surface area contributed by atoms with E-state index in [9.17, 15) is 24.1 Å². The summed E-state index contributed by atoms with van der Waals surface area (Å²) in [7, 11) is 0. The molecule has 0 bridgehead atoms. The molecule has 0 saturated heterocycles. The molecule has 0 fully saturated rings. The largest absolute Gasteiger partial charge is 0.321 e. The molecule has 8 heteroatoms. The van der Waals surface area contributed by atoms with Gasteiger partial charge in [0, 0.05) is 23.9 Å². The van der Waals surface area contributed by atoms with Gasteiger partial charge in [-0.25, -0.2) is 4.39 Å². The molecule has 0 aliphatic heterocycles. The average Bonchev–Trinajstić information content (AvgIpc) is 2.66. The predicted molar refractivity (Wildman–Crippen MR) is 102 cm³/mol. The van der Waals surface area contributed by atoms with Gasteiger partial charge in [0.2, 0.25) is 0 Å². The second kappa shape index (κ2) is 7.83. The predicted octanol–water partition coefficient (Wildman–Crippen LogP) is 3.50. The van der Waals surface area contributed by atoms with Gasteiger partial charge in [-0.3, -0.25) is 19.7 Å². The minimum Gasteiger partial charge on any atom is -0.321 e. The highest BCUT2D eigenvalue weighted by Gasteiger charge is 2.16. The van der Waals surface area contributed by atoms with E-state index in [1.54, 1.807) is 25.1 Å². The summed E-state index contributed by atoms with van der Waals surface area (Å²) in [5.41, 5.74) is 0.253. The van der Waals surface area contributed by atoms with Crippen molar-refractivity contribution in [2.75, 3.05) is 5.32 Å². The van der Waals surface area contributed by atoms with Crippen molar-refractivity contribution in [1.82, 2.24) is 4.57 Å². The average molecular weight is 381 g/mol. The smallest absolute Gasteiger partial charge is 0.271 e. The van der Waals surface area contributed by atoms with E-state index in [2.05, 4.69) is 5.32 Å². The lowest BCUT2D eigenvalue weighted by molar-refractivity contribution is -0.384. The molecule has 0 aliphatic rings. The van der Waals surface area contributed by atoms with E-state index >= 15 is 0 Å². The number of non-ortho nitro benzene ring substituents is 1. The number of pyridine rings is 1. The second-order valence-corrected chi connectivity index (χ2v) is 6.16. The van der Waals surface area contributed by atoms with Gasteiger partial charge in [0.05, 0.1) is 17.2 Å². The molecular formula is C20H16FN3O4. The third-order valence-electron chi connectivity index (χ3n) is 4.24. The van der Waals surface area contributed by atoms with Gasteiger partial charge in [0.15, 0.2) is 0 Å². The normalized spacial score (nSPS) is 10.5. The van der Waals surface area contributed by atoms with Crippen LogP contribution < -0.4 is 10.9 Å². The Morgan fingerprint density at radius 2 is 1.93 bits per heavy atom. The van der Waals surface area contributed by atoms with Crippen molar-refractivity contribution in [1.29, 1.82) is 0 Å². The number of carbonyl (C=O) groups excluding carboxylic acids is 1. The third-order valence-corrected chi connectivity index (χ3v) is 4.24. The van der Waals surface area contributed by atoms with Crippen LogP contribution in [0.5, 0.6) is 0 Å². The minimum absolute atomic E-state index is 0.0253. The molecule has 0 radical (unpaired) electrons. The lowest BCUT2D eigenvalue weighted by Crippen LogP contribution is -2.29. The van der Waals surface area contributed by atoms with Crippen LogP contribution in [0.25, 0.3) is 0 Å². The summed E-state index contributed by atoms with van der Waals surface area (Å²) >= 11 is 0. The zero-order valence-electron chi connectivity index (χ0n) is 14.9. The number of hydrogen-bond donors (Lipinski definition) is 1. The zero-order valence-corrected chi connectivity index (χ0v) is 14.9. The Kier molecular flexibility index (Phi) is 5.30. The number of benzene rings is 2. The van der Waals surface area contributed by atoms with Crippen LogP contribution in [0.1, 0.15) is 21.5 Å². The highest BCUT2D eigenvalue weighted by atomic mass is 19.1. The summed E-state index contributed by atoms with van der Waals surface area (Å²) in [6.07, 6.45) is 1.46. The van der Waals surface area contributed by atoms with E-state index in [1.165, 1.54) is 47.2 Å². The van der Waals surface area contributed by atoms with Crippen LogP contribution in [0.3, 0.4) is 0 Å². The number of nitrogens with one attached hydrogen (secondary N) is 1. The molecular weight excluding hydrogens is 365 g/mol. The van der Waals surface area contributed by atoms with Crippen molar-refractivity contribution < 1.29 is 14.1 Å². The van der Waals surface area contributed by atoms with Crippen molar-refractivity contribution in [2.24, 2.45) is 0 Å². The topological polar surface area (TPSA) is 94.2 Å². The van der Waals surface area contributed by atoms with E-state index in [4.69, 9.17) is 0 Å². The van der Waals surface area contributed by atoms with Gasteiger partial charge in [-0.05, 0) is 30.7 Å². The van der Waals surface area contributed by atoms with Crippen molar-refractivity contribution in [3.05, 3.63) is 104 Å². The molecule has 0 aliphatic carbocycles. The minimum atomic E-state index is -0.698. The monoisotopic (exact) mass is 381 g/mol. The number of nitro groups is 1. The Labute approximate surface area is 159 Å². The fourth-order valence-corrected chi connectivity index (χ4v) is 2.69. The molecule has 142 valence electrons. The lowest BCUT2D eigenvalue weighted by Gasteiger charge is -2.11. The highest BCUT2D eigenvalue weighted by Crippen LogP contribution is 2.22. The Balaban J connectivity index is 1.89. The fourth-order valence-electron chi connectivity index (χ4n) is 2.69. The quantitative estimate of drug-likeness (QED) is 0.541. The van der Waals surface area contributed by atoms with Gasteiger partial charge in [-0.2, -0.15) is 0 Å². The van der Waals surface area contributed by atoms with Crippen molar-refractivity contribution in [3.8, 4) is 0 Å². The van der Waals surface area contributed by atoms with E-state index in [0.717, 1.165) is 0 Å². The number of amides is 1. The molecule has 3 aromatic rings.